The molecule has 0 aromatic heterocycles. The molecule has 0 spiro atoms. The van der Waals surface area contributed by atoms with Crippen LogP contribution in [0.15, 0.2) is 77.7 Å². The molecule has 0 heterocycles. The van der Waals surface area contributed by atoms with Gasteiger partial charge in [-0.1, -0.05) is 36.4 Å². The molecule has 0 bridgehead atoms. The molecular formula is C24H21F4NO4S. The average Bonchev–Trinajstić information content (AvgIpc) is 2.77. The number of hydrogen-bond donors (Lipinski definition) is 0. The van der Waals surface area contributed by atoms with E-state index in [0.29, 0.717) is 6.07 Å². The number of carbonyl (C=O) groups excluding carboxylic acids is 1. The number of rotatable bonds is 7. The van der Waals surface area contributed by atoms with Crippen molar-refractivity contribution in [2.75, 3.05) is 0 Å². The molecule has 0 radical (unpaired) electrons. The Bertz CT molecular complexity index is 1290. The van der Waals surface area contributed by atoms with Gasteiger partial charge in [0.1, 0.15) is 16.5 Å². The van der Waals surface area contributed by atoms with Gasteiger partial charge in [-0.05, 0) is 50.2 Å². The molecule has 3 rings (SSSR count). The first-order valence-electron chi connectivity index (χ1n) is 10.2. The summed E-state index contributed by atoms with van der Waals surface area (Å²) in [6, 6.07) is 14.2. The van der Waals surface area contributed by atoms with Crippen molar-refractivity contribution in [1.82, 2.24) is 4.90 Å². The molecule has 0 aliphatic heterocycles. The fourth-order valence-corrected chi connectivity index (χ4v) is 4.18. The summed E-state index contributed by atoms with van der Waals surface area (Å²) in [5, 5.41) is 0. The van der Waals surface area contributed by atoms with E-state index in [9.17, 15) is 30.8 Å². The largest absolute Gasteiger partial charge is 0.416 e. The Morgan fingerprint density at radius 3 is 2.26 bits per heavy atom. The molecule has 0 fully saturated rings. The second-order valence-corrected chi connectivity index (χ2v) is 9.22. The molecule has 3 aromatic carbocycles. The lowest BCUT2D eigenvalue weighted by atomic mass is 10.1. The second-order valence-electron chi connectivity index (χ2n) is 7.68. The molecule has 0 atom stereocenters. The third kappa shape index (κ3) is 5.74. The van der Waals surface area contributed by atoms with Crippen LogP contribution in [0.4, 0.5) is 17.6 Å². The molecule has 0 N–H and O–H groups in total. The van der Waals surface area contributed by atoms with Gasteiger partial charge in [-0.3, -0.25) is 4.79 Å². The minimum absolute atomic E-state index is 0.126. The minimum atomic E-state index is -4.73. The van der Waals surface area contributed by atoms with E-state index in [2.05, 4.69) is 0 Å². The van der Waals surface area contributed by atoms with Crippen LogP contribution in [0.2, 0.25) is 0 Å². The average molecular weight is 495 g/mol. The zero-order chi connectivity index (χ0) is 25.1. The van der Waals surface area contributed by atoms with Gasteiger partial charge in [0.15, 0.2) is 0 Å². The van der Waals surface area contributed by atoms with Gasteiger partial charge < -0.3 is 9.08 Å². The standard InChI is InChI=1S/C24H21F4NO4S/c1-16(2)29(23(30)20-11-4-5-12-21(20)25)15-17-8-3-6-13-22(17)33-34(31,32)19-10-7-9-18(14-19)24(26,27)28/h3-14,16H,15H2,1-2H3. The van der Waals surface area contributed by atoms with Crippen LogP contribution in [0.25, 0.3) is 0 Å². The number of amides is 1. The smallest absolute Gasteiger partial charge is 0.379 e. The highest BCUT2D eigenvalue weighted by Crippen LogP contribution is 2.32. The van der Waals surface area contributed by atoms with Crippen molar-refractivity contribution in [3.63, 3.8) is 0 Å². The van der Waals surface area contributed by atoms with Crippen LogP contribution in [0.3, 0.4) is 0 Å². The van der Waals surface area contributed by atoms with Crippen molar-refractivity contribution >= 4 is 16.0 Å². The Hall–Kier alpha value is -3.40. The number of carbonyl (C=O) groups is 1. The minimum Gasteiger partial charge on any atom is -0.379 e. The Labute approximate surface area is 194 Å². The molecule has 0 saturated heterocycles. The van der Waals surface area contributed by atoms with Gasteiger partial charge in [0.25, 0.3) is 5.91 Å². The van der Waals surface area contributed by atoms with Crippen molar-refractivity contribution in [2.45, 2.75) is 37.5 Å². The molecule has 1 amide bonds. The highest BCUT2D eigenvalue weighted by atomic mass is 32.2. The monoisotopic (exact) mass is 495 g/mol. The fraction of sp³-hybridized carbons (Fsp3) is 0.208. The predicted molar refractivity (Wildman–Crippen MR) is 117 cm³/mol. The van der Waals surface area contributed by atoms with Gasteiger partial charge in [-0.15, -0.1) is 0 Å². The Morgan fingerprint density at radius 2 is 1.62 bits per heavy atom. The van der Waals surface area contributed by atoms with Gasteiger partial charge >= 0.3 is 16.3 Å². The summed E-state index contributed by atoms with van der Waals surface area (Å²) in [5.41, 5.74) is -1.01. The van der Waals surface area contributed by atoms with E-state index in [1.807, 2.05) is 0 Å². The van der Waals surface area contributed by atoms with Gasteiger partial charge in [-0.25, -0.2) is 4.39 Å². The quantitative estimate of drug-likeness (QED) is 0.313. The summed E-state index contributed by atoms with van der Waals surface area (Å²) in [6.45, 7) is 3.29. The van der Waals surface area contributed by atoms with Crippen molar-refractivity contribution in [3.05, 3.63) is 95.3 Å². The number of alkyl halides is 3. The normalized spacial score (nSPS) is 12.0. The summed E-state index contributed by atoms with van der Waals surface area (Å²) in [4.78, 5) is 13.6. The van der Waals surface area contributed by atoms with E-state index in [4.69, 9.17) is 4.18 Å². The van der Waals surface area contributed by atoms with Crippen LogP contribution in [0, 0.1) is 5.82 Å². The van der Waals surface area contributed by atoms with Crippen LogP contribution >= 0.6 is 0 Å². The number of hydrogen-bond acceptors (Lipinski definition) is 4. The zero-order valence-electron chi connectivity index (χ0n) is 18.2. The summed E-state index contributed by atoms with van der Waals surface area (Å²) < 4.78 is 83.8. The summed E-state index contributed by atoms with van der Waals surface area (Å²) >= 11 is 0. The van der Waals surface area contributed by atoms with E-state index < -0.39 is 38.5 Å². The number of halogens is 4. The predicted octanol–water partition coefficient (Wildman–Crippen LogP) is 5.66. The van der Waals surface area contributed by atoms with E-state index in [0.717, 1.165) is 24.3 Å². The molecule has 5 nitrogen and oxygen atoms in total. The molecule has 0 saturated carbocycles. The van der Waals surface area contributed by atoms with E-state index in [1.165, 1.54) is 41.3 Å². The summed E-state index contributed by atoms with van der Waals surface area (Å²) in [6.07, 6.45) is -4.73. The van der Waals surface area contributed by atoms with Crippen molar-refractivity contribution < 1.29 is 35.0 Å². The number of benzene rings is 3. The van der Waals surface area contributed by atoms with Crippen LogP contribution in [-0.2, 0) is 22.8 Å². The molecule has 0 aliphatic rings. The molecule has 0 aliphatic carbocycles. The van der Waals surface area contributed by atoms with Crippen LogP contribution in [-0.4, -0.2) is 25.3 Å². The number of nitrogens with zero attached hydrogens (tertiary/aromatic N) is 1. The van der Waals surface area contributed by atoms with Crippen molar-refractivity contribution in [3.8, 4) is 5.75 Å². The maximum absolute atomic E-state index is 14.2. The van der Waals surface area contributed by atoms with Gasteiger partial charge in [-0.2, -0.15) is 21.6 Å². The maximum Gasteiger partial charge on any atom is 0.416 e. The highest BCUT2D eigenvalue weighted by molar-refractivity contribution is 7.87. The van der Waals surface area contributed by atoms with Crippen LogP contribution in [0.1, 0.15) is 35.3 Å². The lowest BCUT2D eigenvalue weighted by Crippen LogP contribution is -2.37. The first kappa shape index (κ1) is 25.2. The second kappa shape index (κ2) is 9.84. The molecule has 180 valence electrons. The van der Waals surface area contributed by atoms with Gasteiger partial charge in [0.05, 0.1) is 11.1 Å². The van der Waals surface area contributed by atoms with E-state index in [1.54, 1.807) is 19.9 Å². The lowest BCUT2D eigenvalue weighted by molar-refractivity contribution is -0.137. The Balaban J connectivity index is 1.92. The maximum atomic E-state index is 14.2. The molecule has 34 heavy (non-hydrogen) atoms. The molecular weight excluding hydrogens is 474 g/mol. The first-order chi connectivity index (χ1) is 15.9. The van der Waals surface area contributed by atoms with E-state index >= 15 is 0 Å². The summed E-state index contributed by atoms with van der Waals surface area (Å²) in [7, 11) is -4.62. The van der Waals surface area contributed by atoms with Gasteiger partial charge in [0, 0.05) is 18.2 Å². The third-order valence-corrected chi connectivity index (χ3v) is 6.18. The topological polar surface area (TPSA) is 63.7 Å². The molecule has 3 aromatic rings. The number of para-hydroxylation sites is 1. The van der Waals surface area contributed by atoms with Crippen LogP contribution < -0.4 is 4.18 Å². The van der Waals surface area contributed by atoms with Crippen molar-refractivity contribution in [1.29, 1.82) is 0 Å². The van der Waals surface area contributed by atoms with Gasteiger partial charge in [0.2, 0.25) is 0 Å². The van der Waals surface area contributed by atoms with Crippen molar-refractivity contribution in [2.24, 2.45) is 0 Å². The van der Waals surface area contributed by atoms with E-state index in [-0.39, 0.29) is 29.5 Å². The SMILES string of the molecule is CC(C)N(Cc1ccccc1OS(=O)(=O)c1cccc(C(F)(F)F)c1)C(=O)c1ccccc1F. The van der Waals surface area contributed by atoms with Crippen LogP contribution in [0.5, 0.6) is 5.75 Å². The molecule has 0 unspecified atom stereocenters. The fourth-order valence-electron chi connectivity index (χ4n) is 3.17. The Kier molecular flexibility index (Phi) is 7.30. The summed E-state index contributed by atoms with van der Waals surface area (Å²) in [5.74, 6) is -1.47. The Morgan fingerprint density at radius 1 is 0.971 bits per heavy atom. The third-order valence-electron chi connectivity index (χ3n) is 4.95. The molecule has 10 heteroatoms. The first-order valence-corrected chi connectivity index (χ1v) is 11.6. The zero-order valence-corrected chi connectivity index (χ0v) is 19.0. The lowest BCUT2D eigenvalue weighted by Gasteiger charge is -2.28. The highest BCUT2D eigenvalue weighted by Gasteiger charge is 2.32.